The zero-order chi connectivity index (χ0) is 15.1. The fourth-order valence-corrected chi connectivity index (χ4v) is 2.44. The standard InChI is InChI=1S/C15H10ClF3N2/c1-8(16)15-20-12-4-2-3-5-13(12)21(15)14-10(18)6-9(17)7-11(14)19/h2-8H,1H3. The second kappa shape index (κ2) is 5.07. The van der Waals surface area contributed by atoms with E-state index in [9.17, 15) is 13.2 Å². The topological polar surface area (TPSA) is 17.8 Å². The highest BCUT2D eigenvalue weighted by atomic mass is 35.5. The molecule has 1 aromatic heterocycles. The molecule has 2 nitrogen and oxygen atoms in total. The third kappa shape index (κ3) is 2.27. The van der Waals surface area contributed by atoms with Crippen LogP contribution in [0.5, 0.6) is 0 Å². The molecule has 0 aliphatic carbocycles. The van der Waals surface area contributed by atoms with Crippen molar-refractivity contribution in [2.45, 2.75) is 12.3 Å². The van der Waals surface area contributed by atoms with Gasteiger partial charge in [-0.25, -0.2) is 18.2 Å². The smallest absolute Gasteiger partial charge is 0.153 e. The van der Waals surface area contributed by atoms with Crippen molar-refractivity contribution in [1.29, 1.82) is 0 Å². The third-order valence-corrected chi connectivity index (χ3v) is 3.34. The first-order valence-electron chi connectivity index (χ1n) is 6.25. The molecule has 6 heteroatoms. The van der Waals surface area contributed by atoms with Crippen LogP contribution in [0.1, 0.15) is 18.1 Å². The van der Waals surface area contributed by atoms with Crippen molar-refractivity contribution < 1.29 is 13.2 Å². The maximum absolute atomic E-state index is 14.1. The fourth-order valence-electron chi connectivity index (χ4n) is 2.29. The lowest BCUT2D eigenvalue weighted by Gasteiger charge is -2.12. The van der Waals surface area contributed by atoms with Crippen molar-refractivity contribution in [3.8, 4) is 5.69 Å². The average Bonchev–Trinajstić information content (AvgIpc) is 2.77. The molecule has 0 amide bonds. The number of halogens is 4. The van der Waals surface area contributed by atoms with Gasteiger partial charge in [0, 0.05) is 12.1 Å². The summed E-state index contributed by atoms with van der Waals surface area (Å²) in [5, 5.41) is -0.568. The highest BCUT2D eigenvalue weighted by Crippen LogP contribution is 2.30. The van der Waals surface area contributed by atoms with E-state index in [2.05, 4.69) is 4.98 Å². The number of alkyl halides is 1. The summed E-state index contributed by atoms with van der Waals surface area (Å²) in [4.78, 5) is 4.30. The first-order chi connectivity index (χ1) is 9.99. The Bertz CT molecular complexity index is 804. The molecule has 0 aliphatic heterocycles. The lowest BCUT2D eigenvalue weighted by atomic mass is 10.2. The molecular weight excluding hydrogens is 301 g/mol. The van der Waals surface area contributed by atoms with Gasteiger partial charge in [-0.3, -0.25) is 4.57 Å². The number of aromatic nitrogens is 2. The van der Waals surface area contributed by atoms with E-state index in [4.69, 9.17) is 11.6 Å². The lowest BCUT2D eigenvalue weighted by molar-refractivity contribution is 0.533. The molecule has 0 bridgehead atoms. The van der Waals surface area contributed by atoms with E-state index in [0.29, 0.717) is 29.0 Å². The number of benzene rings is 2. The van der Waals surface area contributed by atoms with Crippen LogP contribution in [0.25, 0.3) is 16.7 Å². The number of hydrogen-bond acceptors (Lipinski definition) is 1. The molecule has 21 heavy (non-hydrogen) atoms. The van der Waals surface area contributed by atoms with E-state index in [-0.39, 0.29) is 5.69 Å². The van der Waals surface area contributed by atoms with Crippen molar-refractivity contribution in [2.75, 3.05) is 0 Å². The zero-order valence-corrected chi connectivity index (χ0v) is 11.7. The fraction of sp³-hybridized carbons (Fsp3) is 0.133. The van der Waals surface area contributed by atoms with Crippen LogP contribution >= 0.6 is 11.6 Å². The van der Waals surface area contributed by atoms with Gasteiger partial charge < -0.3 is 0 Å². The van der Waals surface area contributed by atoms with Crippen molar-refractivity contribution in [3.05, 3.63) is 59.7 Å². The molecule has 0 N–H and O–H groups in total. The van der Waals surface area contributed by atoms with Gasteiger partial charge in [0.1, 0.15) is 17.3 Å². The van der Waals surface area contributed by atoms with Crippen LogP contribution in [0.4, 0.5) is 13.2 Å². The van der Waals surface area contributed by atoms with E-state index in [1.54, 1.807) is 31.2 Å². The van der Waals surface area contributed by atoms with E-state index in [1.165, 1.54) is 4.57 Å². The van der Waals surface area contributed by atoms with Crippen LogP contribution in [0.15, 0.2) is 36.4 Å². The minimum atomic E-state index is -1.01. The van der Waals surface area contributed by atoms with Crippen molar-refractivity contribution in [3.63, 3.8) is 0 Å². The van der Waals surface area contributed by atoms with E-state index < -0.39 is 22.8 Å². The van der Waals surface area contributed by atoms with Gasteiger partial charge in [0.25, 0.3) is 0 Å². The maximum atomic E-state index is 14.1. The number of hydrogen-bond donors (Lipinski definition) is 0. The average molecular weight is 311 g/mol. The Morgan fingerprint density at radius 1 is 1.10 bits per heavy atom. The van der Waals surface area contributed by atoms with Crippen molar-refractivity contribution in [1.82, 2.24) is 9.55 Å². The van der Waals surface area contributed by atoms with Gasteiger partial charge in [-0.15, -0.1) is 11.6 Å². The lowest BCUT2D eigenvalue weighted by Crippen LogP contribution is -2.07. The largest absolute Gasteiger partial charge is 0.290 e. The molecule has 1 heterocycles. The van der Waals surface area contributed by atoms with Gasteiger partial charge >= 0.3 is 0 Å². The van der Waals surface area contributed by atoms with Gasteiger partial charge in [0.15, 0.2) is 11.6 Å². The summed E-state index contributed by atoms with van der Waals surface area (Å²) in [5.41, 5.74) is 0.681. The van der Waals surface area contributed by atoms with Gasteiger partial charge in [-0.1, -0.05) is 12.1 Å². The molecule has 108 valence electrons. The van der Waals surface area contributed by atoms with Gasteiger partial charge in [0.05, 0.1) is 16.4 Å². The van der Waals surface area contributed by atoms with Crippen LogP contribution in [0, 0.1) is 17.5 Å². The van der Waals surface area contributed by atoms with E-state index in [0.717, 1.165) is 0 Å². The molecule has 0 spiro atoms. The minimum absolute atomic E-state index is 0.294. The normalized spacial score (nSPS) is 12.8. The van der Waals surface area contributed by atoms with Crippen molar-refractivity contribution >= 4 is 22.6 Å². The highest BCUT2D eigenvalue weighted by molar-refractivity contribution is 6.20. The Labute approximate surface area is 123 Å². The summed E-state index contributed by atoms with van der Waals surface area (Å²) in [6, 6.07) is 8.15. The molecule has 1 atom stereocenters. The molecule has 3 rings (SSSR count). The van der Waals surface area contributed by atoms with Crippen LogP contribution in [0.2, 0.25) is 0 Å². The number of para-hydroxylation sites is 2. The van der Waals surface area contributed by atoms with E-state index in [1.807, 2.05) is 0 Å². The van der Waals surface area contributed by atoms with Gasteiger partial charge in [-0.05, 0) is 19.1 Å². The maximum Gasteiger partial charge on any atom is 0.153 e. The molecule has 0 radical (unpaired) electrons. The molecular formula is C15H10ClF3N2. The third-order valence-electron chi connectivity index (χ3n) is 3.15. The van der Waals surface area contributed by atoms with E-state index >= 15 is 0 Å². The molecule has 0 saturated heterocycles. The van der Waals surface area contributed by atoms with Crippen LogP contribution < -0.4 is 0 Å². The predicted molar refractivity (Wildman–Crippen MR) is 75.2 cm³/mol. The monoisotopic (exact) mass is 310 g/mol. The molecule has 0 saturated carbocycles. The number of fused-ring (bicyclic) bond motifs is 1. The SMILES string of the molecule is CC(Cl)c1nc2ccccc2n1-c1c(F)cc(F)cc1F. The highest BCUT2D eigenvalue weighted by Gasteiger charge is 2.22. The summed E-state index contributed by atoms with van der Waals surface area (Å²) in [6.07, 6.45) is 0. The Kier molecular flexibility index (Phi) is 3.37. The Morgan fingerprint density at radius 2 is 1.71 bits per heavy atom. The first kappa shape index (κ1) is 13.9. The van der Waals surface area contributed by atoms with Crippen molar-refractivity contribution in [2.24, 2.45) is 0 Å². The number of imidazole rings is 1. The second-order valence-corrected chi connectivity index (χ2v) is 5.28. The summed E-state index contributed by atoms with van der Waals surface area (Å²) in [6.45, 7) is 1.65. The minimum Gasteiger partial charge on any atom is -0.290 e. The quantitative estimate of drug-likeness (QED) is 0.625. The van der Waals surface area contributed by atoms with Gasteiger partial charge in [0.2, 0.25) is 0 Å². The number of nitrogens with zero attached hydrogens (tertiary/aromatic N) is 2. The van der Waals surface area contributed by atoms with Gasteiger partial charge in [-0.2, -0.15) is 0 Å². The first-order valence-corrected chi connectivity index (χ1v) is 6.69. The molecule has 0 aliphatic rings. The Balaban J connectivity index is 2.42. The van der Waals surface area contributed by atoms with Crippen LogP contribution in [0.3, 0.4) is 0 Å². The van der Waals surface area contributed by atoms with Crippen LogP contribution in [-0.2, 0) is 0 Å². The Morgan fingerprint density at radius 3 is 2.33 bits per heavy atom. The summed E-state index contributed by atoms with van der Waals surface area (Å²) in [5.74, 6) is -2.69. The molecule has 3 aromatic rings. The zero-order valence-electron chi connectivity index (χ0n) is 10.9. The molecule has 2 aromatic carbocycles. The summed E-state index contributed by atoms with van der Waals surface area (Å²) < 4.78 is 42.5. The summed E-state index contributed by atoms with van der Waals surface area (Å²) >= 11 is 6.06. The van der Waals surface area contributed by atoms with Crippen LogP contribution in [-0.4, -0.2) is 9.55 Å². The molecule has 0 fully saturated rings. The Hall–Kier alpha value is -2.01. The predicted octanol–water partition coefficient (Wildman–Crippen LogP) is 4.74. The summed E-state index contributed by atoms with van der Waals surface area (Å²) in [7, 11) is 0. The molecule has 1 unspecified atom stereocenters. The number of rotatable bonds is 2. The second-order valence-electron chi connectivity index (χ2n) is 4.63.